The highest BCUT2D eigenvalue weighted by molar-refractivity contribution is 7.80. The number of hydrogen-bond donors (Lipinski definition) is 1. The number of aryl methyl sites for hydroxylation is 2. The molecule has 0 unspecified atom stereocenters. The molecule has 1 heterocycles. The second kappa shape index (κ2) is 5.54. The van der Waals surface area contributed by atoms with Crippen LogP contribution in [0.25, 0.3) is 0 Å². The molecule has 0 bridgehead atoms. The molecule has 2 rings (SSSR count). The number of aromatic nitrogens is 2. The summed E-state index contributed by atoms with van der Waals surface area (Å²) in [6.07, 6.45) is 0. The first-order valence-corrected chi connectivity index (χ1v) is 6.77. The maximum absolute atomic E-state index is 5.88. The molecule has 1 aromatic carbocycles. The second-order valence-electron chi connectivity index (χ2n) is 4.82. The third kappa shape index (κ3) is 2.49. The first kappa shape index (κ1) is 14.4. The van der Waals surface area contributed by atoms with Crippen molar-refractivity contribution in [2.45, 2.75) is 20.8 Å². The monoisotopic (exact) mass is 286 g/mol. The van der Waals surface area contributed by atoms with Crippen molar-refractivity contribution in [3.8, 4) is 0 Å². The molecule has 0 atom stereocenters. The van der Waals surface area contributed by atoms with Gasteiger partial charge in [-0.25, -0.2) is 0 Å². The molecule has 0 amide bonds. The Morgan fingerprint density at radius 3 is 2.40 bits per heavy atom. The molecule has 0 fully saturated rings. The minimum absolute atomic E-state index is 0.343. The van der Waals surface area contributed by atoms with E-state index < -0.39 is 0 Å². The van der Waals surface area contributed by atoms with Crippen molar-refractivity contribution < 1.29 is 0 Å². The Hall–Kier alpha value is -2.01. The molecule has 0 aliphatic heterocycles. The molecular weight excluding hydrogens is 268 g/mol. The third-order valence-corrected chi connectivity index (χ3v) is 3.68. The van der Waals surface area contributed by atoms with Crippen LogP contribution >= 0.6 is 12.2 Å². The van der Waals surface area contributed by atoms with E-state index in [4.69, 9.17) is 18.0 Å². The summed E-state index contributed by atoms with van der Waals surface area (Å²) in [4.78, 5) is 2.32. The van der Waals surface area contributed by atoms with Crippen LogP contribution in [0, 0.1) is 20.8 Å². The molecule has 0 radical (unpaired) electrons. The van der Waals surface area contributed by atoms with Gasteiger partial charge in [-0.2, -0.15) is 5.10 Å². The van der Waals surface area contributed by atoms with Crippen LogP contribution in [0.3, 0.4) is 0 Å². The van der Waals surface area contributed by atoms with Crippen molar-refractivity contribution in [3.05, 3.63) is 46.6 Å². The number of nitrogens with two attached hydrogens (primary N) is 1. The average Bonchev–Trinajstić information content (AvgIpc) is 2.41. The number of para-hydroxylation sites is 1. The number of hydrogen-bond acceptors (Lipinski definition) is 4. The lowest BCUT2D eigenvalue weighted by Crippen LogP contribution is -2.22. The standard InChI is InChI=1S/C15H18N4S/c1-9-7-5-6-8-12(9)19(4)15-13(14(16)20)10(2)11(3)17-18-15/h5-8H,1-4H3,(H2,16,20). The molecule has 0 aliphatic carbocycles. The van der Waals surface area contributed by atoms with Crippen LogP contribution in [0.2, 0.25) is 0 Å². The summed E-state index contributed by atoms with van der Waals surface area (Å²) in [5, 5.41) is 8.48. The molecule has 104 valence electrons. The Morgan fingerprint density at radius 2 is 1.80 bits per heavy atom. The lowest BCUT2D eigenvalue weighted by atomic mass is 10.1. The number of anilines is 2. The van der Waals surface area contributed by atoms with Crippen molar-refractivity contribution >= 4 is 28.7 Å². The predicted octanol–water partition coefficient (Wildman–Crippen LogP) is 2.80. The van der Waals surface area contributed by atoms with Gasteiger partial charge in [0.25, 0.3) is 0 Å². The maximum Gasteiger partial charge on any atom is 0.166 e. The number of rotatable bonds is 3. The van der Waals surface area contributed by atoms with Crippen LogP contribution in [0.15, 0.2) is 24.3 Å². The van der Waals surface area contributed by atoms with Crippen molar-refractivity contribution in [3.63, 3.8) is 0 Å². The Morgan fingerprint density at radius 1 is 1.15 bits per heavy atom. The fourth-order valence-corrected chi connectivity index (χ4v) is 2.42. The SMILES string of the molecule is Cc1ccccc1N(C)c1nnc(C)c(C)c1C(N)=S. The van der Waals surface area contributed by atoms with Gasteiger partial charge < -0.3 is 10.6 Å². The summed E-state index contributed by atoms with van der Waals surface area (Å²) in [6, 6.07) is 8.09. The Kier molecular flexibility index (Phi) is 3.99. The van der Waals surface area contributed by atoms with Crippen molar-refractivity contribution in [1.29, 1.82) is 0 Å². The highest BCUT2D eigenvalue weighted by Crippen LogP contribution is 2.29. The maximum atomic E-state index is 5.88. The van der Waals surface area contributed by atoms with Crippen LogP contribution in [0.1, 0.15) is 22.4 Å². The second-order valence-corrected chi connectivity index (χ2v) is 5.26. The van der Waals surface area contributed by atoms with E-state index in [-0.39, 0.29) is 0 Å². The molecule has 0 saturated carbocycles. The highest BCUT2D eigenvalue weighted by atomic mass is 32.1. The molecule has 2 aromatic rings. The molecule has 0 saturated heterocycles. The van der Waals surface area contributed by atoms with Crippen molar-refractivity contribution in [2.75, 3.05) is 11.9 Å². The van der Waals surface area contributed by atoms with Crippen LogP contribution in [0.4, 0.5) is 11.5 Å². The van der Waals surface area contributed by atoms with Crippen LogP contribution in [-0.4, -0.2) is 22.2 Å². The van der Waals surface area contributed by atoms with E-state index in [1.165, 1.54) is 0 Å². The zero-order valence-corrected chi connectivity index (χ0v) is 13.0. The molecule has 20 heavy (non-hydrogen) atoms. The summed E-state index contributed by atoms with van der Waals surface area (Å²) < 4.78 is 0. The largest absolute Gasteiger partial charge is 0.389 e. The van der Waals surface area contributed by atoms with E-state index in [2.05, 4.69) is 23.2 Å². The number of thiocarbonyl (C=S) groups is 1. The predicted molar refractivity (Wildman–Crippen MR) is 86.6 cm³/mol. The Bertz CT molecular complexity index is 667. The quantitative estimate of drug-likeness (QED) is 0.879. The van der Waals surface area contributed by atoms with E-state index in [9.17, 15) is 0 Å². The summed E-state index contributed by atoms with van der Waals surface area (Å²) >= 11 is 5.18. The zero-order chi connectivity index (χ0) is 14.9. The van der Waals surface area contributed by atoms with Crippen LogP contribution < -0.4 is 10.6 Å². The molecule has 0 spiro atoms. The van der Waals surface area contributed by atoms with Crippen molar-refractivity contribution in [1.82, 2.24) is 10.2 Å². The van der Waals surface area contributed by atoms with Gasteiger partial charge in [-0.05, 0) is 38.0 Å². The average molecular weight is 286 g/mol. The zero-order valence-electron chi connectivity index (χ0n) is 12.1. The normalized spacial score (nSPS) is 10.4. The molecule has 5 heteroatoms. The minimum atomic E-state index is 0.343. The van der Waals surface area contributed by atoms with Gasteiger partial charge in [-0.3, -0.25) is 0 Å². The van der Waals surface area contributed by atoms with E-state index in [1.807, 2.05) is 44.0 Å². The van der Waals surface area contributed by atoms with Gasteiger partial charge in [0.2, 0.25) is 0 Å². The van der Waals surface area contributed by atoms with Crippen LogP contribution in [0.5, 0.6) is 0 Å². The molecule has 0 aliphatic rings. The van der Waals surface area contributed by atoms with Gasteiger partial charge in [0.15, 0.2) is 5.82 Å². The van der Waals surface area contributed by atoms with E-state index in [1.54, 1.807) is 0 Å². The van der Waals surface area contributed by atoms with Gasteiger partial charge in [0.1, 0.15) is 4.99 Å². The lowest BCUT2D eigenvalue weighted by Gasteiger charge is -2.23. The Labute approximate surface area is 124 Å². The first-order chi connectivity index (χ1) is 9.43. The van der Waals surface area contributed by atoms with E-state index >= 15 is 0 Å². The van der Waals surface area contributed by atoms with Crippen LogP contribution in [-0.2, 0) is 0 Å². The van der Waals surface area contributed by atoms with Gasteiger partial charge in [-0.15, -0.1) is 5.10 Å². The van der Waals surface area contributed by atoms with E-state index in [0.29, 0.717) is 10.8 Å². The minimum Gasteiger partial charge on any atom is -0.389 e. The Balaban J connectivity index is 2.61. The number of benzene rings is 1. The summed E-state index contributed by atoms with van der Waals surface area (Å²) in [5.41, 5.74) is 10.7. The van der Waals surface area contributed by atoms with Gasteiger partial charge in [0.05, 0.1) is 11.3 Å². The molecule has 2 N–H and O–H groups in total. The number of nitrogens with zero attached hydrogens (tertiary/aromatic N) is 3. The first-order valence-electron chi connectivity index (χ1n) is 6.36. The topological polar surface area (TPSA) is 55.0 Å². The fraction of sp³-hybridized carbons (Fsp3) is 0.267. The summed E-state index contributed by atoms with van der Waals surface area (Å²) in [7, 11) is 1.95. The smallest absolute Gasteiger partial charge is 0.166 e. The van der Waals surface area contributed by atoms with E-state index in [0.717, 1.165) is 28.1 Å². The third-order valence-electron chi connectivity index (χ3n) is 3.48. The highest BCUT2D eigenvalue weighted by Gasteiger charge is 2.18. The molecule has 1 aromatic heterocycles. The lowest BCUT2D eigenvalue weighted by molar-refractivity contribution is 0.930. The summed E-state index contributed by atoms with van der Waals surface area (Å²) in [5.74, 6) is 0.690. The van der Waals surface area contributed by atoms with Crippen molar-refractivity contribution in [2.24, 2.45) is 5.73 Å². The summed E-state index contributed by atoms with van der Waals surface area (Å²) in [6.45, 7) is 5.93. The van der Waals surface area contributed by atoms with Gasteiger partial charge in [0, 0.05) is 12.7 Å². The molecular formula is C15H18N4S. The van der Waals surface area contributed by atoms with Gasteiger partial charge >= 0.3 is 0 Å². The van der Waals surface area contributed by atoms with Gasteiger partial charge in [-0.1, -0.05) is 30.4 Å². The fourth-order valence-electron chi connectivity index (χ4n) is 2.18. The molecule has 4 nitrogen and oxygen atoms in total.